The fraction of sp³-hybridized carbons (Fsp3) is 0.350. The van der Waals surface area contributed by atoms with Crippen LogP contribution in [0.15, 0.2) is 42.9 Å². The number of aromatic nitrogens is 5. The van der Waals surface area contributed by atoms with Crippen LogP contribution in [0.4, 0.5) is 0 Å². The molecular formula is C20H23N7O. The molecule has 8 heteroatoms. The highest BCUT2D eigenvalue weighted by Gasteiger charge is 2.15. The van der Waals surface area contributed by atoms with Gasteiger partial charge in [0.1, 0.15) is 11.5 Å². The fourth-order valence-electron chi connectivity index (χ4n) is 3.35. The Kier molecular flexibility index (Phi) is 5.67. The summed E-state index contributed by atoms with van der Waals surface area (Å²) < 4.78 is 0. The number of carbonyl (C=O) groups is 1. The van der Waals surface area contributed by atoms with E-state index in [-0.39, 0.29) is 5.91 Å². The van der Waals surface area contributed by atoms with E-state index in [9.17, 15) is 4.79 Å². The third-order valence-electron chi connectivity index (χ3n) is 4.85. The van der Waals surface area contributed by atoms with Crippen LogP contribution >= 0.6 is 0 Å². The molecule has 4 rings (SSSR count). The van der Waals surface area contributed by atoms with Crippen molar-refractivity contribution in [3.8, 4) is 11.5 Å². The molecule has 0 spiro atoms. The van der Waals surface area contributed by atoms with Gasteiger partial charge in [-0.1, -0.05) is 24.3 Å². The molecule has 1 unspecified atom stereocenters. The summed E-state index contributed by atoms with van der Waals surface area (Å²) in [4.78, 5) is 24.7. The normalized spacial score (nSPS) is 16.2. The predicted molar refractivity (Wildman–Crippen MR) is 104 cm³/mol. The van der Waals surface area contributed by atoms with Crippen LogP contribution in [-0.2, 0) is 24.2 Å². The lowest BCUT2D eigenvalue weighted by Gasteiger charge is -2.09. The van der Waals surface area contributed by atoms with E-state index in [0.29, 0.717) is 30.3 Å². The molecule has 0 radical (unpaired) electrons. The molecule has 0 aliphatic carbocycles. The highest BCUT2D eigenvalue weighted by molar-refractivity contribution is 5.78. The number of nitrogens with zero attached hydrogens (tertiary/aromatic N) is 4. The van der Waals surface area contributed by atoms with Gasteiger partial charge in [0, 0.05) is 12.4 Å². The van der Waals surface area contributed by atoms with Crippen LogP contribution in [0.25, 0.3) is 11.5 Å². The van der Waals surface area contributed by atoms with Crippen molar-refractivity contribution >= 4 is 5.91 Å². The second-order valence-corrected chi connectivity index (χ2v) is 7.03. The highest BCUT2D eigenvalue weighted by Crippen LogP contribution is 2.16. The molecular weight excluding hydrogens is 354 g/mol. The first-order valence-electron chi connectivity index (χ1n) is 9.49. The number of H-pyrrole nitrogens is 1. The first-order valence-corrected chi connectivity index (χ1v) is 9.49. The standard InChI is InChI=1S/C20H23N7O/c28-19(10-15-3-1-14(2-4-15)9-16-5-6-21-11-16)24-13-18-25-20(27-26-18)17-12-22-7-8-23-17/h1-4,7-8,12,16,21H,5-6,9-11,13H2,(H,24,28)(H,25,26,27). The van der Waals surface area contributed by atoms with Crippen molar-refractivity contribution in [3.05, 3.63) is 59.8 Å². The van der Waals surface area contributed by atoms with Crippen LogP contribution in [0.2, 0.25) is 0 Å². The van der Waals surface area contributed by atoms with Gasteiger partial charge >= 0.3 is 0 Å². The van der Waals surface area contributed by atoms with Gasteiger partial charge in [-0.2, -0.15) is 5.10 Å². The maximum atomic E-state index is 12.2. The molecule has 2 aromatic heterocycles. The van der Waals surface area contributed by atoms with Crippen LogP contribution in [0, 0.1) is 5.92 Å². The van der Waals surface area contributed by atoms with Crippen LogP contribution in [0.5, 0.6) is 0 Å². The minimum Gasteiger partial charge on any atom is -0.349 e. The van der Waals surface area contributed by atoms with Crippen molar-refractivity contribution in [1.82, 2.24) is 35.8 Å². The summed E-state index contributed by atoms with van der Waals surface area (Å²) in [6.45, 7) is 2.51. The minimum absolute atomic E-state index is 0.0507. The zero-order valence-electron chi connectivity index (χ0n) is 15.6. The molecule has 3 heterocycles. The van der Waals surface area contributed by atoms with Crippen LogP contribution < -0.4 is 10.6 Å². The van der Waals surface area contributed by atoms with Crippen molar-refractivity contribution in [2.45, 2.75) is 25.8 Å². The Morgan fingerprint density at radius 1 is 1.18 bits per heavy atom. The van der Waals surface area contributed by atoms with E-state index in [1.54, 1.807) is 18.6 Å². The summed E-state index contributed by atoms with van der Waals surface area (Å²) in [5.74, 6) is 1.72. The van der Waals surface area contributed by atoms with Crippen LogP contribution in [-0.4, -0.2) is 44.1 Å². The number of hydrogen-bond donors (Lipinski definition) is 3. The van der Waals surface area contributed by atoms with Gasteiger partial charge < -0.3 is 10.6 Å². The number of benzene rings is 1. The second kappa shape index (κ2) is 8.71. The molecule has 1 atom stereocenters. The lowest BCUT2D eigenvalue weighted by molar-refractivity contribution is -0.120. The SMILES string of the molecule is O=C(Cc1ccc(CC2CCNC2)cc1)NCc1nc(-c2cnccn2)n[nH]1. The molecule has 0 bridgehead atoms. The Morgan fingerprint density at radius 3 is 2.79 bits per heavy atom. The summed E-state index contributed by atoms with van der Waals surface area (Å²) in [5.41, 5.74) is 2.92. The summed E-state index contributed by atoms with van der Waals surface area (Å²) in [7, 11) is 0. The molecule has 8 nitrogen and oxygen atoms in total. The van der Waals surface area contributed by atoms with E-state index in [4.69, 9.17) is 0 Å². The molecule has 1 saturated heterocycles. The Morgan fingerprint density at radius 2 is 2.04 bits per heavy atom. The number of rotatable bonds is 7. The Balaban J connectivity index is 1.26. The maximum absolute atomic E-state index is 12.2. The van der Waals surface area contributed by atoms with Gasteiger partial charge in [-0.05, 0) is 43.0 Å². The molecule has 1 aliphatic heterocycles. The Bertz CT molecular complexity index is 902. The maximum Gasteiger partial charge on any atom is 0.224 e. The van der Waals surface area contributed by atoms with Gasteiger partial charge in [0.05, 0.1) is 19.2 Å². The number of amides is 1. The topological polar surface area (TPSA) is 108 Å². The number of aromatic amines is 1. The molecule has 3 N–H and O–H groups in total. The lowest BCUT2D eigenvalue weighted by Crippen LogP contribution is -2.25. The Hall–Kier alpha value is -3.13. The molecule has 1 fully saturated rings. The zero-order valence-corrected chi connectivity index (χ0v) is 15.6. The minimum atomic E-state index is -0.0507. The van der Waals surface area contributed by atoms with Gasteiger partial charge in [0.2, 0.25) is 11.7 Å². The van der Waals surface area contributed by atoms with Crippen molar-refractivity contribution in [2.75, 3.05) is 13.1 Å². The van der Waals surface area contributed by atoms with Crippen LogP contribution in [0.3, 0.4) is 0 Å². The summed E-state index contributed by atoms with van der Waals surface area (Å²) in [6, 6.07) is 8.34. The quantitative estimate of drug-likeness (QED) is 0.572. The summed E-state index contributed by atoms with van der Waals surface area (Å²) >= 11 is 0. The number of carbonyl (C=O) groups excluding carboxylic acids is 1. The van der Waals surface area contributed by atoms with Gasteiger partial charge in [-0.3, -0.25) is 14.9 Å². The fourth-order valence-corrected chi connectivity index (χ4v) is 3.35. The van der Waals surface area contributed by atoms with Gasteiger partial charge in [-0.25, -0.2) is 9.97 Å². The molecule has 1 amide bonds. The first-order chi connectivity index (χ1) is 13.8. The largest absolute Gasteiger partial charge is 0.349 e. The molecule has 144 valence electrons. The van der Waals surface area contributed by atoms with E-state index in [0.717, 1.165) is 31.0 Å². The van der Waals surface area contributed by atoms with Gasteiger partial charge in [-0.15, -0.1) is 0 Å². The monoisotopic (exact) mass is 377 g/mol. The van der Waals surface area contributed by atoms with E-state index in [1.165, 1.54) is 12.0 Å². The van der Waals surface area contributed by atoms with Crippen molar-refractivity contribution < 1.29 is 4.79 Å². The van der Waals surface area contributed by atoms with E-state index in [2.05, 4.69) is 47.9 Å². The summed E-state index contributed by atoms with van der Waals surface area (Å²) in [5, 5.41) is 13.2. The molecule has 28 heavy (non-hydrogen) atoms. The zero-order chi connectivity index (χ0) is 19.2. The summed E-state index contributed by atoms with van der Waals surface area (Å²) in [6.07, 6.45) is 7.46. The van der Waals surface area contributed by atoms with Crippen molar-refractivity contribution in [2.24, 2.45) is 5.92 Å². The third kappa shape index (κ3) is 4.77. The second-order valence-electron chi connectivity index (χ2n) is 7.03. The van der Waals surface area contributed by atoms with Crippen molar-refractivity contribution in [1.29, 1.82) is 0 Å². The smallest absolute Gasteiger partial charge is 0.224 e. The van der Waals surface area contributed by atoms with Crippen molar-refractivity contribution in [3.63, 3.8) is 0 Å². The number of hydrogen-bond acceptors (Lipinski definition) is 6. The average Bonchev–Trinajstić information content (AvgIpc) is 3.41. The Labute approximate surface area is 163 Å². The van der Waals surface area contributed by atoms with E-state index >= 15 is 0 Å². The van der Waals surface area contributed by atoms with Gasteiger partial charge in [0.15, 0.2) is 0 Å². The van der Waals surface area contributed by atoms with E-state index < -0.39 is 0 Å². The number of nitrogens with one attached hydrogen (secondary N) is 3. The van der Waals surface area contributed by atoms with E-state index in [1.807, 2.05) is 12.1 Å². The third-order valence-corrected chi connectivity index (χ3v) is 4.85. The lowest BCUT2D eigenvalue weighted by atomic mass is 9.97. The van der Waals surface area contributed by atoms with Gasteiger partial charge in [0.25, 0.3) is 0 Å². The first kappa shape index (κ1) is 18.2. The molecule has 1 aromatic carbocycles. The predicted octanol–water partition coefficient (Wildman–Crippen LogP) is 1.27. The van der Waals surface area contributed by atoms with Crippen LogP contribution in [0.1, 0.15) is 23.4 Å². The highest BCUT2D eigenvalue weighted by atomic mass is 16.1. The molecule has 0 saturated carbocycles. The molecule has 1 aliphatic rings. The molecule has 3 aromatic rings. The average molecular weight is 377 g/mol.